The molecule has 0 bridgehead atoms. The van der Waals surface area contributed by atoms with E-state index in [1.54, 1.807) is 12.1 Å². The van der Waals surface area contributed by atoms with Crippen LogP contribution in [0.1, 0.15) is 24.3 Å². The molecule has 2 rings (SSSR count). The summed E-state index contributed by atoms with van der Waals surface area (Å²) in [5.41, 5.74) is 6.40. The van der Waals surface area contributed by atoms with Crippen LogP contribution in [-0.2, 0) is 0 Å². The third-order valence-electron chi connectivity index (χ3n) is 3.03. The second-order valence-electron chi connectivity index (χ2n) is 4.06. The third kappa shape index (κ3) is 2.15. The van der Waals surface area contributed by atoms with Crippen LogP contribution in [0.5, 0.6) is 0 Å². The van der Waals surface area contributed by atoms with E-state index < -0.39 is 0 Å². The summed E-state index contributed by atoms with van der Waals surface area (Å²) in [6.45, 7) is 0. The van der Waals surface area contributed by atoms with Gasteiger partial charge in [0.15, 0.2) is 5.11 Å². The van der Waals surface area contributed by atoms with Crippen molar-refractivity contribution in [3.63, 3.8) is 0 Å². The van der Waals surface area contributed by atoms with Crippen molar-refractivity contribution in [1.29, 1.82) is 0 Å². The number of halogens is 1. The fourth-order valence-corrected chi connectivity index (χ4v) is 2.12. The monoisotopic (exact) mass is 240 g/mol. The van der Waals surface area contributed by atoms with Crippen LogP contribution in [0, 0.1) is 5.82 Å². The number of benzene rings is 1. The average molecular weight is 240 g/mol. The second kappa shape index (κ2) is 4.35. The van der Waals surface area contributed by atoms with Crippen molar-refractivity contribution in [1.82, 2.24) is 5.06 Å². The van der Waals surface area contributed by atoms with Gasteiger partial charge in [-0.2, -0.15) is 0 Å². The molecule has 1 saturated carbocycles. The van der Waals surface area contributed by atoms with Crippen molar-refractivity contribution in [3.05, 3.63) is 35.6 Å². The van der Waals surface area contributed by atoms with Gasteiger partial charge in [0, 0.05) is 0 Å². The fraction of sp³-hybridized carbons (Fsp3) is 0.364. The number of rotatable bonds is 2. The van der Waals surface area contributed by atoms with Gasteiger partial charge < -0.3 is 5.73 Å². The smallest absolute Gasteiger partial charge is 0.190 e. The molecule has 3 nitrogen and oxygen atoms in total. The van der Waals surface area contributed by atoms with E-state index in [1.807, 2.05) is 0 Å². The summed E-state index contributed by atoms with van der Waals surface area (Å²) in [5.74, 6) is 0.126. The molecule has 1 aliphatic rings. The Balaban J connectivity index is 1.93. The van der Waals surface area contributed by atoms with Gasteiger partial charge in [-0.15, -0.1) is 0 Å². The molecule has 0 aliphatic heterocycles. The predicted molar refractivity (Wildman–Crippen MR) is 62.6 cm³/mol. The minimum atomic E-state index is -0.230. The Hall–Kier alpha value is -1.20. The van der Waals surface area contributed by atoms with Gasteiger partial charge in [-0.05, 0) is 48.7 Å². The minimum Gasteiger partial charge on any atom is -0.374 e. The van der Waals surface area contributed by atoms with Gasteiger partial charge in [-0.25, -0.2) is 9.45 Å². The molecule has 1 aromatic carbocycles. The van der Waals surface area contributed by atoms with Crippen LogP contribution in [0.25, 0.3) is 0 Å². The molecular formula is C11H13FN2OS. The van der Waals surface area contributed by atoms with Gasteiger partial charge in [-0.3, -0.25) is 5.21 Å². The number of nitrogens with zero attached hydrogens (tertiary/aromatic N) is 1. The lowest BCUT2D eigenvalue weighted by Gasteiger charge is -2.39. The van der Waals surface area contributed by atoms with E-state index in [4.69, 9.17) is 5.73 Å². The maximum absolute atomic E-state index is 12.7. The molecule has 86 valence electrons. The van der Waals surface area contributed by atoms with E-state index in [9.17, 15) is 9.60 Å². The molecule has 1 aromatic rings. The van der Waals surface area contributed by atoms with Crippen molar-refractivity contribution < 1.29 is 9.60 Å². The van der Waals surface area contributed by atoms with Crippen LogP contribution in [0.4, 0.5) is 4.39 Å². The SMILES string of the molecule is NC(=S)N(O)[C@H]1C[C@@H](c2ccc(F)cc2)C1. The van der Waals surface area contributed by atoms with Crippen LogP contribution < -0.4 is 5.73 Å². The number of hydroxylamine groups is 2. The Kier molecular flexibility index (Phi) is 3.07. The Bertz CT molecular complexity index is 389. The summed E-state index contributed by atoms with van der Waals surface area (Å²) in [7, 11) is 0. The van der Waals surface area contributed by atoms with E-state index >= 15 is 0 Å². The Morgan fingerprint density at radius 2 is 1.94 bits per heavy atom. The number of hydrogen-bond acceptors (Lipinski definition) is 2. The highest BCUT2D eigenvalue weighted by Crippen LogP contribution is 2.39. The zero-order valence-corrected chi connectivity index (χ0v) is 9.45. The van der Waals surface area contributed by atoms with Crippen LogP contribution in [0.15, 0.2) is 24.3 Å². The maximum Gasteiger partial charge on any atom is 0.190 e. The number of nitrogens with two attached hydrogens (primary N) is 1. The minimum absolute atomic E-state index is 0.00237. The Morgan fingerprint density at radius 3 is 2.44 bits per heavy atom. The first-order valence-corrected chi connectivity index (χ1v) is 5.51. The molecular weight excluding hydrogens is 227 g/mol. The first-order chi connectivity index (χ1) is 7.58. The van der Waals surface area contributed by atoms with E-state index in [0.29, 0.717) is 5.92 Å². The van der Waals surface area contributed by atoms with Gasteiger partial charge in [0.05, 0.1) is 6.04 Å². The van der Waals surface area contributed by atoms with Crippen LogP contribution in [0.2, 0.25) is 0 Å². The summed E-state index contributed by atoms with van der Waals surface area (Å²) in [6.07, 6.45) is 1.58. The molecule has 5 heteroatoms. The van der Waals surface area contributed by atoms with E-state index in [2.05, 4.69) is 12.2 Å². The molecule has 0 heterocycles. The third-order valence-corrected chi connectivity index (χ3v) is 3.21. The molecule has 3 N–H and O–H groups in total. The first-order valence-electron chi connectivity index (χ1n) is 5.11. The van der Waals surface area contributed by atoms with E-state index in [0.717, 1.165) is 23.5 Å². The zero-order valence-electron chi connectivity index (χ0n) is 8.64. The van der Waals surface area contributed by atoms with Crippen molar-refractivity contribution in [2.24, 2.45) is 5.73 Å². The van der Waals surface area contributed by atoms with Crippen LogP contribution in [-0.4, -0.2) is 21.4 Å². The highest BCUT2D eigenvalue weighted by atomic mass is 32.1. The molecule has 0 amide bonds. The fourth-order valence-electron chi connectivity index (χ4n) is 1.97. The second-order valence-corrected chi connectivity index (χ2v) is 4.47. The van der Waals surface area contributed by atoms with E-state index in [-0.39, 0.29) is 17.0 Å². The highest BCUT2D eigenvalue weighted by Gasteiger charge is 2.34. The van der Waals surface area contributed by atoms with Gasteiger partial charge >= 0.3 is 0 Å². The molecule has 0 aromatic heterocycles. The molecule has 1 aliphatic carbocycles. The first kappa shape index (κ1) is 11.3. The lowest BCUT2D eigenvalue weighted by Crippen LogP contribution is -2.47. The van der Waals surface area contributed by atoms with Crippen molar-refractivity contribution in [2.75, 3.05) is 0 Å². The van der Waals surface area contributed by atoms with Crippen LogP contribution in [0.3, 0.4) is 0 Å². The average Bonchev–Trinajstić information content (AvgIpc) is 2.18. The topological polar surface area (TPSA) is 49.5 Å². The van der Waals surface area contributed by atoms with Crippen LogP contribution >= 0.6 is 12.2 Å². The van der Waals surface area contributed by atoms with Crippen molar-refractivity contribution in [3.8, 4) is 0 Å². The molecule has 0 radical (unpaired) electrons. The molecule has 16 heavy (non-hydrogen) atoms. The summed E-state index contributed by atoms with van der Waals surface area (Å²) >= 11 is 4.67. The predicted octanol–water partition coefficient (Wildman–Crippen LogP) is 2.01. The van der Waals surface area contributed by atoms with Crippen molar-refractivity contribution >= 4 is 17.3 Å². The largest absolute Gasteiger partial charge is 0.374 e. The molecule has 0 atom stereocenters. The van der Waals surface area contributed by atoms with Gasteiger partial charge in [0.25, 0.3) is 0 Å². The van der Waals surface area contributed by atoms with Gasteiger partial charge in [-0.1, -0.05) is 12.1 Å². The normalized spacial score (nSPS) is 23.6. The lowest BCUT2D eigenvalue weighted by molar-refractivity contribution is -0.0823. The quantitative estimate of drug-likeness (QED) is 0.613. The molecule has 0 saturated heterocycles. The molecule has 1 fully saturated rings. The summed E-state index contributed by atoms with van der Waals surface area (Å²) < 4.78 is 12.7. The Morgan fingerprint density at radius 1 is 1.38 bits per heavy atom. The Labute approximate surface area is 98.6 Å². The summed E-state index contributed by atoms with van der Waals surface area (Å²) in [4.78, 5) is 0. The number of hydrogen-bond donors (Lipinski definition) is 2. The summed E-state index contributed by atoms with van der Waals surface area (Å²) in [5, 5.41) is 10.4. The lowest BCUT2D eigenvalue weighted by atomic mass is 9.76. The summed E-state index contributed by atoms with van der Waals surface area (Å²) in [6, 6.07) is 6.45. The molecule has 0 spiro atoms. The van der Waals surface area contributed by atoms with Crippen molar-refractivity contribution in [2.45, 2.75) is 24.8 Å². The highest BCUT2D eigenvalue weighted by molar-refractivity contribution is 7.80. The van der Waals surface area contributed by atoms with Gasteiger partial charge in [0.1, 0.15) is 5.82 Å². The molecule has 0 unspecified atom stereocenters. The van der Waals surface area contributed by atoms with E-state index in [1.165, 1.54) is 12.1 Å². The maximum atomic E-state index is 12.7. The zero-order chi connectivity index (χ0) is 11.7. The number of thiocarbonyl (C=S) groups is 1. The standard InChI is InChI=1S/C11H13FN2OS/c12-9-3-1-7(2-4-9)8-5-10(6-8)14(15)11(13)16/h1-4,8,10,15H,5-6H2,(H2,13,16)/t8-,10+. The van der Waals surface area contributed by atoms with Gasteiger partial charge in [0.2, 0.25) is 0 Å².